The number of thiophene rings is 1. The highest BCUT2D eigenvalue weighted by Gasteiger charge is 2.37. The molecule has 1 aromatic carbocycles. The van der Waals surface area contributed by atoms with E-state index in [0.717, 1.165) is 30.3 Å². The number of nitrogens with two attached hydrogens (primary N) is 1. The van der Waals surface area contributed by atoms with Crippen LogP contribution in [-0.2, 0) is 4.79 Å². The number of carbonyl (C=O) groups is 1. The highest BCUT2D eigenvalue weighted by molar-refractivity contribution is 7.17. The summed E-state index contributed by atoms with van der Waals surface area (Å²) in [5.41, 5.74) is 6.45. The molecule has 1 aliphatic rings. The van der Waals surface area contributed by atoms with Crippen molar-refractivity contribution < 1.29 is 4.79 Å². The smallest absolute Gasteiger partial charge is 0.244 e. The van der Waals surface area contributed by atoms with Crippen LogP contribution in [-0.4, -0.2) is 11.4 Å². The van der Waals surface area contributed by atoms with Crippen molar-refractivity contribution in [2.45, 2.75) is 38.1 Å². The lowest BCUT2D eigenvalue weighted by atomic mass is 9.76. The van der Waals surface area contributed by atoms with Gasteiger partial charge in [-0.2, -0.15) is 0 Å². The van der Waals surface area contributed by atoms with E-state index < -0.39 is 5.54 Å². The number of carbonyl (C=O) groups excluding carboxylic acids is 1. The number of nitrogens with one attached hydrogen (secondary N) is 1. The van der Waals surface area contributed by atoms with E-state index in [4.69, 9.17) is 5.73 Å². The molecule has 1 aromatic heterocycles. The van der Waals surface area contributed by atoms with Gasteiger partial charge in [-0.3, -0.25) is 4.79 Å². The molecule has 1 saturated carbocycles. The van der Waals surface area contributed by atoms with Crippen molar-refractivity contribution in [3.8, 4) is 0 Å². The summed E-state index contributed by atoms with van der Waals surface area (Å²) >= 11 is 1.71. The van der Waals surface area contributed by atoms with Gasteiger partial charge < -0.3 is 11.1 Å². The minimum atomic E-state index is -0.707. The van der Waals surface area contributed by atoms with Crippen molar-refractivity contribution in [2.24, 2.45) is 11.7 Å². The van der Waals surface area contributed by atoms with Gasteiger partial charge in [-0.15, -0.1) is 11.3 Å². The first-order chi connectivity index (χ1) is 9.57. The third-order valence-electron chi connectivity index (χ3n) is 4.20. The van der Waals surface area contributed by atoms with Gasteiger partial charge in [0.15, 0.2) is 0 Å². The van der Waals surface area contributed by atoms with Gasteiger partial charge in [0.2, 0.25) is 5.91 Å². The summed E-state index contributed by atoms with van der Waals surface area (Å²) < 4.78 is 1.23. The number of fused-ring (bicyclic) bond motifs is 1. The van der Waals surface area contributed by atoms with Gasteiger partial charge in [0.1, 0.15) is 0 Å². The molecule has 1 fully saturated rings. The quantitative estimate of drug-likeness (QED) is 0.884. The molecule has 0 aliphatic heterocycles. The number of amides is 1. The van der Waals surface area contributed by atoms with Crippen LogP contribution in [0.1, 0.15) is 32.6 Å². The van der Waals surface area contributed by atoms with Crippen LogP contribution >= 0.6 is 11.3 Å². The van der Waals surface area contributed by atoms with E-state index in [1.165, 1.54) is 11.1 Å². The van der Waals surface area contributed by atoms with Crippen LogP contribution in [0.2, 0.25) is 0 Å². The Hall–Kier alpha value is -1.39. The highest BCUT2D eigenvalue weighted by atomic mass is 32.1. The van der Waals surface area contributed by atoms with Gasteiger partial charge >= 0.3 is 0 Å². The lowest BCUT2D eigenvalue weighted by molar-refractivity contribution is -0.122. The number of rotatable bonds is 2. The first-order valence-corrected chi connectivity index (χ1v) is 8.02. The minimum absolute atomic E-state index is 0.0429. The summed E-state index contributed by atoms with van der Waals surface area (Å²) in [6.45, 7) is 2.17. The van der Waals surface area contributed by atoms with Crippen molar-refractivity contribution in [1.82, 2.24) is 0 Å². The maximum atomic E-state index is 12.5. The van der Waals surface area contributed by atoms with Crippen LogP contribution in [0, 0.1) is 5.92 Å². The average molecular weight is 288 g/mol. The number of anilines is 1. The zero-order valence-electron chi connectivity index (χ0n) is 11.7. The maximum absolute atomic E-state index is 12.5. The molecule has 0 saturated heterocycles. The van der Waals surface area contributed by atoms with Crippen molar-refractivity contribution >= 4 is 33.0 Å². The molecule has 2 unspecified atom stereocenters. The number of hydrogen-bond acceptors (Lipinski definition) is 3. The van der Waals surface area contributed by atoms with E-state index in [-0.39, 0.29) is 5.91 Å². The van der Waals surface area contributed by atoms with Crippen molar-refractivity contribution in [3.63, 3.8) is 0 Å². The first kappa shape index (κ1) is 13.6. The van der Waals surface area contributed by atoms with E-state index in [1.807, 2.05) is 18.2 Å². The summed E-state index contributed by atoms with van der Waals surface area (Å²) in [5, 5.41) is 6.22. The molecule has 3 N–H and O–H groups in total. The van der Waals surface area contributed by atoms with Gasteiger partial charge in [0, 0.05) is 10.4 Å². The van der Waals surface area contributed by atoms with Gasteiger partial charge in [-0.05, 0) is 53.8 Å². The molecule has 2 atom stereocenters. The standard InChI is InChI=1S/C16H20N2OS/c1-11-3-2-7-16(17,10-11)15(19)18-13-4-5-14-12(9-13)6-8-20-14/h4-6,8-9,11H,2-3,7,10,17H2,1H3,(H,18,19). The van der Waals surface area contributed by atoms with Crippen LogP contribution in [0.15, 0.2) is 29.6 Å². The molecular formula is C16H20N2OS. The molecule has 4 heteroatoms. The fourth-order valence-corrected chi connectivity index (χ4v) is 3.87. The van der Waals surface area contributed by atoms with Gasteiger partial charge in [-0.1, -0.05) is 19.8 Å². The van der Waals surface area contributed by atoms with Crippen LogP contribution in [0.25, 0.3) is 10.1 Å². The molecular weight excluding hydrogens is 268 g/mol. The van der Waals surface area contributed by atoms with E-state index >= 15 is 0 Å². The second kappa shape index (κ2) is 5.19. The summed E-state index contributed by atoms with van der Waals surface area (Å²) in [7, 11) is 0. The Morgan fingerprint density at radius 3 is 3.10 bits per heavy atom. The first-order valence-electron chi connectivity index (χ1n) is 7.14. The Morgan fingerprint density at radius 1 is 1.45 bits per heavy atom. The Labute approximate surface area is 123 Å². The van der Waals surface area contributed by atoms with Gasteiger partial charge in [0.05, 0.1) is 5.54 Å². The van der Waals surface area contributed by atoms with E-state index in [0.29, 0.717) is 5.92 Å². The van der Waals surface area contributed by atoms with Gasteiger partial charge in [0.25, 0.3) is 0 Å². The Balaban J connectivity index is 1.77. The molecule has 3 nitrogen and oxygen atoms in total. The van der Waals surface area contributed by atoms with Crippen molar-refractivity contribution in [1.29, 1.82) is 0 Å². The normalized spacial score (nSPS) is 26.6. The molecule has 2 aromatic rings. The fourth-order valence-electron chi connectivity index (χ4n) is 3.10. The average Bonchev–Trinajstić information content (AvgIpc) is 2.85. The lowest BCUT2D eigenvalue weighted by Crippen LogP contribution is -2.53. The Kier molecular flexibility index (Phi) is 3.52. The highest BCUT2D eigenvalue weighted by Crippen LogP contribution is 2.32. The Morgan fingerprint density at radius 2 is 2.30 bits per heavy atom. The predicted octanol–water partition coefficient (Wildman–Crippen LogP) is 3.75. The monoisotopic (exact) mass is 288 g/mol. The molecule has 1 amide bonds. The summed E-state index contributed by atoms with van der Waals surface area (Å²) in [4.78, 5) is 12.5. The maximum Gasteiger partial charge on any atom is 0.244 e. The van der Waals surface area contributed by atoms with Crippen molar-refractivity contribution in [3.05, 3.63) is 29.6 Å². The van der Waals surface area contributed by atoms with Crippen LogP contribution in [0.5, 0.6) is 0 Å². The van der Waals surface area contributed by atoms with E-state index in [9.17, 15) is 4.79 Å². The minimum Gasteiger partial charge on any atom is -0.324 e. The van der Waals surface area contributed by atoms with Crippen molar-refractivity contribution in [2.75, 3.05) is 5.32 Å². The van der Waals surface area contributed by atoms with E-state index in [2.05, 4.69) is 23.7 Å². The molecule has 0 radical (unpaired) electrons. The zero-order chi connectivity index (χ0) is 14.2. The number of benzene rings is 1. The second-order valence-corrected chi connectivity index (χ2v) is 6.93. The van der Waals surface area contributed by atoms with Crippen LogP contribution < -0.4 is 11.1 Å². The third kappa shape index (κ3) is 2.58. The summed E-state index contributed by atoms with van der Waals surface area (Å²) in [5.74, 6) is 0.484. The van der Waals surface area contributed by atoms with Crippen LogP contribution in [0.3, 0.4) is 0 Å². The second-order valence-electron chi connectivity index (χ2n) is 5.98. The molecule has 0 spiro atoms. The summed E-state index contributed by atoms with van der Waals surface area (Å²) in [6.07, 6.45) is 3.77. The third-order valence-corrected chi connectivity index (χ3v) is 5.09. The van der Waals surface area contributed by atoms with E-state index in [1.54, 1.807) is 11.3 Å². The van der Waals surface area contributed by atoms with Gasteiger partial charge in [-0.25, -0.2) is 0 Å². The fraction of sp³-hybridized carbons (Fsp3) is 0.438. The molecule has 106 valence electrons. The summed E-state index contributed by atoms with van der Waals surface area (Å²) in [6, 6.07) is 8.07. The molecule has 3 rings (SSSR count). The SMILES string of the molecule is CC1CCCC(N)(C(=O)Nc2ccc3sccc3c2)C1. The topological polar surface area (TPSA) is 55.1 Å². The Bertz CT molecular complexity index is 636. The lowest BCUT2D eigenvalue weighted by Gasteiger charge is -2.35. The molecule has 1 heterocycles. The van der Waals surface area contributed by atoms with Crippen LogP contribution in [0.4, 0.5) is 5.69 Å². The largest absolute Gasteiger partial charge is 0.324 e. The predicted molar refractivity (Wildman–Crippen MR) is 85.0 cm³/mol. The number of hydrogen-bond donors (Lipinski definition) is 2. The molecule has 20 heavy (non-hydrogen) atoms. The molecule has 1 aliphatic carbocycles. The molecule has 0 bridgehead atoms. The zero-order valence-corrected chi connectivity index (χ0v) is 12.5.